The van der Waals surface area contributed by atoms with E-state index in [1.165, 1.54) is 12.1 Å². The third-order valence-electron chi connectivity index (χ3n) is 4.80. The maximum atomic E-state index is 13.1. The fourth-order valence-electron chi connectivity index (χ4n) is 3.00. The molecule has 2 N–H and O–H groups in total. The molecule has 3 aromatic rings. The molecule has 1 amide bonds. The summed E-state index contributed by atoms with van der Waals surface area (Å²) in [6.45, 7) is 2.55. The lowest BCUT2D eigenvalue weighted by atomic mass is 10.0. The molecule has 0 heterocycles. The third kappa shape index (κ3) is 4.80. The van der Waals surface area contributed by atoms with Gasteiger partial charge < -0.3 is 10.2 Å². The number of nitrogens with one attached hydrogen (secondary N) is 2. The van der Waals surface area contributed by atoms with Crippen molar-refractivity contribution in [2.45, 2.75) is 19.5 Å². The Morgan fingerprint density at radius 1 is 0.963 bits per heavy atom. The summed E-state index contributed by atoms with van der Waals surface area (Å²) in [5, 5.41) is 3.06. The number of para-hydroxylation sites is 1. The number of benzene rings is 3. The summed E-state index contributed by atoms with van der Waals surface area (Å²) in [5.41, 5.74) is 3.86. The van der Waals surface area contributed by atoms with Crippen molar-refractivity contribution in [2.75, 3.05) is 12.4 Å². The van der Waals surface area contributed by atoms with Crippen LogP contribution in [0.25, 0.3) is 11.1 Å². The molecule has 0 aliphatic rings. The molecule has 0 radical (unpaired) electrons. The van der Waals surface area contributed by atoms with Crippen LogP contribution in [0.2, 0.25) is 0 Å². The Balaban J connectivity index is 1.70. The lowest BCUT2D eigenvalue weighted by molar-refractivity contribution is -0.907. The van der Waals surface area contributed by atoms with E-state index < -0.39 is 0 Å². The molecule has 3 aromatic carbocycles. The first kappa shape index (κ1) is 18.8. The fraction of sp³-hybridized carbons (Fsp3) is 0.174. The van der Waals surface area contributed by atoms with Crippen molar-refractivity contribution in [3.8, 4) is 11.1 Å². The summed E-state index contributed by atoms with van der Waals surface area (Å²) < 4.78 is 13.1. The van der Waals surface area contributed by atoms with Crippen LogP contribution in [-0.2, 0) is 11.3 Å². The van der Waals surface area contributed by atoms with Gasteiger partial charge in [0.05, 0.1) is 7.05 Å². The molecule has 0 aliphatic heterocycles. The maximum absolute atomic E-state index is 13.1. The molecular weight excluding hydrogens is 339 g/mol. The highest BCUT2D eigenvalue weighted by Gasteiger charge is 2.23. The summed E-state index contributed by atoms with van der Waals surface area (Å²) in [7, 11) is 1.97. The molecule has 138 valence electrons. The normalized spacial score (nSPS) is 13.0. The van der Waals surface area contributed by atoms with Gasteiger partial charge in [0.2, 0.25) is 0 Å². The van der Waals surface area contributed by atoms with Gasteiger partial charge in [0.1, 0.15) is 12.4 Å². The Hall–Kier alpha value is -2.98. The van der Waals surface area contributed by atoms with E-state index in [0.717, 1.165) is 27.3 Å². The van der Waals surface area contributed by atoms with Gasteiger partial charge in [-0.3, -0.25) is 4.79 Å². The molecule has 27 heavy (non-hydrogen) atoms. The molecule has 3 rings (SSSR count). The van der Waals surface area contributed by atoms with Crippen molar-refractivity contribution in [3.05, 3.63) is 90.2 Å². The predicted octanol–water partition coefficient (Wildman–Crippen LogP) is 3.53. The van der Waals surface area contributed by atoms with Crippen LogP contribution >= 0.6 is 0 Å². The van der Waals surface area contributed by atoms with Gasteiger partial charge in [-0.15, -0.1) is 0 Å². The van der Waals surface area contributed by atoms with E-state index in [2.05, 4.69) is 5.32 Å². The molecule has 0 spiro atoms. The number of hydrogen-bond acceptors (Lipinski definition) is 1. The van der Waals surface area contributed by atoms with Gasteiger partial charge in [0.25, 0.3) is 5.91 Å². The van der Waals surface area contributed by atoms with Crippen molar-refractivity contribution in [3.63, 3.8) is 0 Å². The van der Waals surface area contributed by atoms with Gasteiger partial charge in [-0.25, -0.2) is 4.39 Å². The summed E-state index contributed by atoms with van der Waals surface area (Å²) in [4.78, 5) is 13.8. The average molecular weight is 363 g/mol. The molecule has 2 atom stereocenters. The second kappa shape index (κ2) is 8.60. The minimum atomic E-state index is -0.251. The largest absolute Gasteiger partial charge is 0.324 e. The molecule has 1 unspecified atom stereocenters. The topological polar surface area (TPSA) is 33.5 Å². The Bertz CT molecular complexity index is 894. The van der Waals surface area contributed by atoms with E-state index in [9.17, 15) is 9.18 Å². The predicted molar refractivity (Wildman–Crippen MR) is 107 cm³/mol. The minimum absolute atomic E-state index is 0.0435. The Morgan fingerprint density at radius 2 is 1.59 bits per heavy atom. The highest BCUT2D eigenvalue weighted by atomic mass is 19.1. The van der Waals surface area contributed by atoms with Crippen LogP contribution in [-0.4, -0.2) is 19.0 Å². The van der Waals surface area contributed by atoms with Crippen LogP contribution in [0, 0.1) is 5.82 Å². The highest BCUT2D eigenvalue weighted by molar-refractivity contribution is 5.97. The first-order valence-corrected chi connectivity index (χ1v) is 9.06. The third-order valence-corrected chi connectivity index (χ3v) is 4.80. The average Bonchev–Trinajstić information content (AvgIpc) is 2.70. The monoisotopic (exact) mass is 363 g/mol. The van der Waals surface area contributed by atoms with Crippen LogP contribution in [0.4, 0.5) is 10.1 Å². The Labute approximate surface area is 159 Å². The zero-order valence-electron chi connectivity index (χ0n) is 15.6. The standard InChI is InChI=1S/C23H23FN2O/c1-17(26(2)16-18-12-14-20(24)15-13-18)23(27)25-22-11-7-6-10-21(22)19-8-4-3-5-9-19/h3-15,17H,16H2,1-2H3,(H,25,27)/p+1/t17-/m1/s1. The maximum Gasteiger partial charge on any atom is 0.282 e. The molecule has 0 aromatic heterocycles. The molecule has 4 heteroatoms. The summed E-state index contributed by atoms with van der Waals surface area (Å²) in [5.74, 6) is -0.294. The van der Waals surface area contributed by atoms with Gasteiger partial charge in [0.15, 0.2) is 6.04 Å². The van der Waals surface area contributed by atoms with Crippen LogP contribution in [0.15, 0.2) is 78.9 Å². The highest BCUT2D eigenvalue weighted by Crippen LogP contribution is 2.27. The zero-order chi connectivity index (χ0) is 19.2. The van der Waals surface area contributed by atoms with Crippen LogP contribution < -0.4 is 10.2 Å². The van der Waals surface area contributed by atoms with Crippen molar-refractivity contribution in [2.24, 2.45) is 0 Å². The summed E-state index contributed by atoms with van der Waals surface area (Å²) in [6, 6.07) is 24.0. The van der Waals surface area contributed by atoms with Gasteiger partial charge in [-0.05, 0) is 30.7 Å². The molecule has 0 saturated heterocycles. The van der Waals surface area contributed by atoms with E-state index in [0.29, 0.717) is 6.54 Å². The van der Waals surface area contributed by atoms with Crippen LogP contribution in [0.5, 0.6) is 0 Å². The lowest BCUT2D eigenvalue weighted by Gasteiger charge is -2.22. The number of carbonyl (C=O) groups is 1. The minimum Gasteiger partial charge on any atom is -0.324 e. The number of likely N-dealkylation sites (N-methyl/N-ethyl adjacent to an activating group) is 1. The van der Waals surface area contributed by atoms with Crippen molar-refractivity contribution >= 4 is 11.6 Å². The number of rotatable bonds is 6. The summed E-state index contributed by atoms with van der Waals surface area (Å²) >= 11 is 0. The number of anilines is 1. The zero-order valence-corrected chi connectivity index (χ0v) is 15.6. The van der Waals surface area contributed by atoms with Crippen LogP contribution in [0.3, 0.4) is 0 Å². The van der Waals surface area contributed by atoms with Gasteiger partial charge in [-0.1, -0.05) is 60.7 Å². The molecule has 0 saturated carbocycles. The van der Waals surface area contributed by atoms with Gasteiger partial charge in [-0.2, -0.15) is 0 Å². The van der Waals surface area contributed by atoms with Crippen molar-refractivity contribution in [1.82, 2.24) is 0 Å². The SMILES string of the molecule is C[C@H](C(=O)Nc1ccccc1-c1ccccc1)[NH+](C)Cc1ccc(F)cc1. The Kier molecular flexibility index (Phi) is 5.99. The second-order valence-corrected chi connectivity index (χ2v) is 6.77. The van der Waals surface area contributed by atoms with Gasteiger partial charge in [0, 0.05) is 16.8 Å². The molecule has 0 fully saturated rings. The van der Waals surface area contributed by atoms with Crippen molar-refractivity contribution < 1.29 is 14.1 Å². The van der Waals surface area contributed by atoms with E-state index >= 15 is 0 Å². The lowest BCUT2D eigenvalue weighted by Crippen LogP contribution is -3.12. The van der Waals surface area contributed by atoms with Crippen molar-refractivity contribution in [1.29, 1.82) is 0 Å². The van der Waals surface area contributed by atoms with E-state index in [4.69, 9.17) is 0 Å². The number of amides is 1. The molecule has 0 bridgehead atoms. The molecular formula is C23H24FN2O+. The number of carbonyl (C=O) groups excluding carboxylic acids is 1. The quantitative estimate of drug-likeness (QED) is 0.690. The fourth-order valence-corrected chi connectivity index (χ4v) is 3.00. The number of halogens is 1. The molecule has 3 nitrogen and oxygen atoms in total. The van der Waals surface area contributed by atoms with E-state index in [1.807, 2.05) is 68.6 Å². The van der Waals surface area contributed by atoms with E-state index in [-0.39, 0.29) is 17.8 Å². The smallest absolute Gasteiger partial charge is 0.282 e. The van der Waals surface area contributed by atoms with Crippen LogP contribution in [0.1, 0.15) is 12.5 Å². The van der Waals surface area contributed by atoms with Gasteiger partial charge >= 0.3 is 0 Å². The number of hydrogen-bond donors (Lipinski definition) is 2. The second-order valence-electron chi connectivity index (χ2n) is 6.77. The first-order chi connectivity index (χ1) is 13.0. The van der Waals surface area contributed by atoms with E-state index in [1.54, 1.807) is 12.1 Å². The summed E-state index contributed by atoms with van der Waals surface area (Å²) in [6.07, 6.45) is 0. The molecule has 0 aliphatic carbocycles. The first-order valence-electron chi connectivity index (χ1n) is 9.06. The Morgan fingerprint density at radius 3 is 2.30 bits per heavy atom. The number of quaternary nitrogens is 1.